The summed E-state index contributed by atoms with van der Waals surface area (Å²) in [7, 11) is 0. The number of hydrogen-bond acceptors (Lipinski definition) is 2. The molecular formula is C9H6ClFN2O2. The maximum Gasteiger partial charge on any atom is 0.354 e. The van der Waals surface area contributed by atoms with E-state index >= 15 is 0 Å². The summed E-state index contributed by atoms with van der Waals surface area (Å²) in [5.74, 6) is -1.81. The molecule has 0 fully saturated rings. The van der Waals surface area contributed by atoms with Gasteiger partial charge in [0.25, 0.3) is 0 Å². The number of pyridine rings is 1. The van der Waals surface area contributed by atoms with Crippen LogP contribution < -0.4 is 0 Å². The highest BCUT2D eigenvalue weighted by atomic mass is 35.5. The standard InChI is InChI=1S/C9H6ClFN2O2/c1-4-7(9(14)15)13-3-5(10)2-6(11)8(13)12-4/h2-3H,1H3,(H,14,15). The predicted octanol–water partition coefficient (Wildman–Crippen LogP) is 2.13. The zero-order chi connectivity index (χ0) is 11.2. The molecule has 0 radical (unpaired) electrons. The van der Waals surface area contributed by atoms with Crippen molar-refractivity contribution < 1.29 is 14.3 Å². The summed E-state index contributed by atoms with van der Waals surface area (Å²) in [6.07, 6.45) is 1.32. The SMILES string of the molecule is Cc1nc2c(F)cc(Cl)cn2c1C(=O)O. The first-order chi connectivity index (χ1) is 7.00. The molecule has 2 aromatic rings. The Bertz CT molecular complexity index is 565. The smallest absolute Gasteiger partial charge is 0.354 e. The second kappa shape index (κ2) is 3.20. The van der Waals surface area contributed by atoms with Gasteiger partial charge >= 0.3 is 5.97 Å². The Labute approximate surface area is 88.9 Å². The van der Waals surface area contributed by atoms with Crippen molar-refractivity contribution in [2.24, 2.45) is 0 Å². The number of rotatable bonds is 1. The number of aromatic carboxylic acids is 1. The Kier molecular flexibility index (Phi) is 2.12. The van der Waals surface area contributed by atoms with Crippen LogP contribution in [0.3, 0.4) is 0 Å². The first-order valence-corrected chi connectivity index (χ1v) is 4.45. The molecule has 0 aliphatic rings. The van der Waals surface area contributed by atoms with Crippen LogP contribution in [0.5, 0.6) is 0 Å². The third kappa shape index (κ3) is 1.45. The first-order valence-electron chi connectivity index (χ1n) is 4.07. The van der Waals surface area contributed by atoms with Crippen molar-refractivity contribution in [3.63, 3.8) is 0 Å². The minimum absolute atomic E-state index is 0.0331. The lowest BCUT2D eigenvalue weighted by Crippen LogP contribution is -2.03. The minimum Gasteiger partial charge on any atom is -0.477 e. The number of fused-ring (bicyclic) bond motifs is 1. The molecule has 0 unspecified atom stereocenters. The monoisotopic (exact) mass is 228 g/mol. The molecule has 0 bridgehead atoms. The van der Waals surface area contributed by atoms with E-state index in [9.17, 15) is 9.18 Å². The molecule has 1 N–H and O–H groups in total. The van der Waals surface area contributed by atoms with Gasteiger partial charge in [0.1, 0.15) is 0 Å². The Balaban J connectivity index is 2.93. The van der Waals surface area contributed by atoms with Crippen LogP contribution in [0.1, 0.15) is 16.2 Å². The quantitative estimate of drug-likeness (QED) is 0.814. The number of aryl methyl sites for hydroxylation is 1. The fourth-order valence-corrected chi connectivity index (χ4v) is 1.64. The number of hydrogen-bond donors (Lipinski definition) is 1. The first kappa shape index (κ1) is 9.92. The molecule has 15 heavy (non-hydrogen) atoms. The molecule has 2 aromatic heterocycles. The van der Waals surface area contributed by atoms with E-state index in [1.54, 1.807) is 0 Å². The van der Waals surface area contributed by atoms with Crippen molar-refractivity contribution >= 4 is 23.2 Å². The van der Waals surface area contributed by atoms with Crippen LogP contribution in [0.25, 0.3) is 5.65 Å². The number of carboxylic acid groups (broad SMARTS) is 1. The fraction of sp³-hybridized carbons (Fsp3) is 0.111. The van der Waals surface area contributed by atoms with Crippen molar-refractivity contribution in [1.82, 2.24) is 9.38 Å². The molecule has 0 aliphatic heterocycles. The van der Waals surface area contributed by atoms with E-state index in [0.717, 1.165) is 10.5 Å². The average Bonchev–Trinajstić information content (AvgIpc) is 2.41. The molecule has 0 spiro atoms. The van der Waals surface area contributed by atoms with Gasteiger partial charge in [0, 0.05) is 6.20 Å². The molecule has 0 saturated heterocycles. The molecule has 0 atom stereocenters. The number of aromatic nitrogens is 2. The van der Waals surface area contributed by atoms with Gasteiger partial charge in [-0.3, -0.25) is 4.40 Å². The molecular weight excluding hydrogens is 223 g/mol. The molecule has 0 saturated carbocycles. The van der Waals surface area contributed by atoms with Gasteiger partial charge < -0.3 is 5.11 Å². The van der Waals surface area contributed by atoms with Crippen LogP contribution in [0.4, 0.5) is 4.39 Å². The average molecular weight is 229 g/mol. The van der Waals surface area contributed by atoms with E-state index in [2.05, 4.69) is 4.98 Å². The second-order valence-corrected chi connectivity index (χ2v) is 3.49. The van der Waals surface area contributed by atoms with Gasteiger partial charge in [-0.1, -0.05) is 11.6 Å². The van der Waals surface area contributed by atoms with Crippen LogP contribution >= 0.6 is 11.6 Å². The van der Waals surface area contributed by atoms with Crippen LogP contribution in [0.2, 0.25) is 5.02 Å². The van der Waals surface area contributed by atoms with Crippen molar-refractivity contribution in [3.05, 3.63) is 34.5 Å². The van der Waals surface area contributed by atoms with E-state index < -0.39 is 11.8 Å². The van der Waals surface area contributed by atoms with Crippen LogP contribution in [-0.2, 0) is 0 Å². The number of nitrogens with zero attached hydrogens (tertiary/aromatic N) is 2. The van der Waals surface area contributed by atoms with E-state index in [4.69, 9.17) is 16.7 Å². The normalized spacial score (nSPS) is 10.9. The Morgan fingerprint density at radius 2 is 2.33 bits per heavy atom. The highest BCUT2D eigenvalue weighted by Gasteiger charge is 2.17. The highest BCUT2D eigenvalue weighted by molar-refractivity contribution is 6.30. The van der Waals surface area contributed by atoms with Crippen molar-refractivity contribution in [2.45, 2.75) is 6.92 Å². The molecule has 0 aliphatic carbocycles. The Hall–Kier alpha value is -1.62. The number of carbonyl (C=O) groups is 1. The fourth-order valence-electron chi connectivity index (χ4n) is 1.44. The molecule has 0 amide bonds. The summed E-state index contributed by atoms with van der Waals surface area (Å²) in [4.78, 5) is 14.7. The number of carboxylic acids is 1. The molecule has 78 valence electrons. The summed E-state index contributed by atoms with van der Waals surface area (Å²) in [6, 6.07) is 1.09. The van der Waals surface area contributed by atoms with Crippen LogP contribution in [-0.4, -0.2) is 20.5 Å². The van der Waals surface area contributed by atoms with Gasteiger partial charge in [0.15, 0.2) is 17.2 Å². The molecule has 0 aromatic carbocycles. The van der Waals surface area contributed by atoms with Gasteiger partial charge in [0.2, 0.25) is 0 Å². The van der Waals surface area contributed by atoms with Gasteiger partial charge in [-0.05, 0) is 13.0 Å². The van der Waals surface area contributed by atoms with E-state index in [0.29, 0.717) is 0 Å². The number of halogens is 2. The van der Waals surface area contributed by atoms with E-state index in [1.165, 1.54) is 13.1 Å². The summed E-state index contributed by atoms with van der Waals surface area (Å²) in [5.41, 5.74) is 0.143. The van der Waals surface area contributed by atoms with Crippen molar-refractivity contribution in [1.29, 1.82) is 0 Å². The third-order valence-electron chi connectivity index (χ3n) is 2.02. The molecule has 4 nitrogen and oxygen atoms in total. The largest absolute Gasteiger partial charge is 0.477 e. The molecule has 2 heterocycles. The zero-order valence-corrected chi connectivity index (χ0v) is 8.42. The van der Waals surface area contributed by atoms with Gasteiger partial charge in [-0.2, -0.15) is 0 Å². The van der Waals surface area contributed by atoms with Crippen molar-refractivity contribution in [3.8, 4) is 0 Å². The zero-order valence-electron chi connectivity index (χ0n) is 7.66. The molecule has 6 heteroatoms. The van der Waals surface area contributed by atoms with E-state index in [1.807, 2.05) is 0 Å². The highest BCUT2D eigenvalue weighted by Crippen LogP contribution is 2.19. The van der Waals surface area contributed by atoms with Gasteiger partial charge in [-0.15, -0.1) is 0 Å². The van der Waals surface area contributed by atoms with E-state index in [-0.39, 0.29) is 22.1 Å². The van der Waals surface area contributed by atoms with Crippen LogP contribution in [0, 0.1) is 12.7 Å². The third-order valence-corrected chi connectivity index (χ3v) is 2.23. The van der Waals surface area contributed by atoms with Crippen molar-refractivity contribution in [2.75, 3.05) is 0 Å². The predicted molar refractivity (Wildman–Crippen MR) is 51.9 cm³/mol. The maximum atomic E-state index is 13.3. The topological polar surface area (TPSA) is 54.6 Å². The van der Waals surface area contributed by atoms with Gasteiger partial charge in [-0.25, -0.2) is 14.2 Å². The lowest BCUT2D eigenvalue weighted by atomic mass is 10.3. The summed E-state index contributed by atoms with van der Waals surface area (Å²) < 4.78 is 14.5. The lowest BCUT2D eigenvalue weighted by molar-refractivity contribution is 0.0688. The second-order valence-electron chi connectivity index (χ2n) is 3.05. The Morgan fingerprint density at radius 3 is 2.93 bits per heavy atom. The number of imidazole rings is 1. The van der Waals surface area contributed by atoms with Crippen LogP contribution in [0.15, 0.2) is 12.3 Å². The lowest BCUT2D eigenvalue weighted by Gasteiger charge is -1.98. The maximum absolute atomic E-state index is 13.3. The Morgan fingerprint density at radius 1 is 1.67 bits per heavy atom. The molecule has 2 rings (SSSR count). The summed E-state index contributed by atoms with van der Waals surface area (Å²) >= 11 is 5.63. The summed E-state index contributed by atoms with van der Waals surface area (Å²) in [6.45, 7) is 1.50. The minimum atomic E-state index is -1.17. The summed E-state index contributed by atoms with van der Waals surface area (Å²) in [5, 5.41) is 9.03. The van der Waals surface area contributed by atoms with Gasteiger partial charge in [0.05, 0.1) is 10.7 Å².